The van der Waals surface area contributed by atoms with E-state index in [0.717, 1.165) is 24.0 Å². The van der Waals surface area contributed by atoms with Crippen LogP contribution in [-0.4, -0.2) is 26.1 Å². The van der Waals surface area contributed by atoms with E-state index in [1.54, 1.807) is 6.33 Å². The molecule has 7 nitrogen and oxygen atoms in total. The van der Waals surface area contributed by atoms with Crippen molar-refractivity contribution in [2.75, 3.05) is 12.3 Å². The summed E-state index contributed by atoms with van der Waals surface area (Å²) in [4.78, 5) is 22.9. The molecule has 0 radical (unpaired) electrons. The van der Waals surface area contributed by atoms with E-state index >= 15 is 0 Å². The van der Waals surface area contributed by atoms with Crippen LogP contribution in [0.25, 0.3) is 11.2 Å². The van der Waals surface area contributed by atoms with Crippen LogP contribution in [0.1, 0.15) is 24.4 Å². The zero-order valence-electron chi connectivity index (χ0n) is 14.4. The lowest BCUT2D eigenvalue weighted by molar-refractivity contribution is 0.0980. The number of fused-ring (bicyclic) bond motifs is 1. The second kappa shape index (κ2) is 6.76. The smallest absolute Gasteiger partial charge is 0.280 e. The number of aromatic nitrogens is 4. The Labute approximate surface area is 150 Å². The molecule has 2 atom stereocenters. The topological polar surface area (TPSA) is 98.8 Å². The molecule has 0 aliphatic heterocycles. The summed E-state index contributed by atoms with van der Waals surface area (Å²) in [6, 6.07) is 10.2. The van der Waals surface area contributed by atoms with Crippen LogP contribution < -0.4 is 11.3 Å². The van der Waals surface area contributed by atoms with Crippen molar-refractivity contribution in [3.63, 3.8) is 0 Å². The zero-order chi connectivity index (χ0) is 18.1. The Morgan fingerprint density at radius 2 is 2.12 bits per heavy atom. The van der Waals surface area contributed by atoms with Crippen LogP contribution in [0.3, 0.4) is 0 Å². The minimum Gasteiger partial charge on any atom is -0.376 e. The predicted octanol–water partition coefficient (Wildman–Crippen LogP) is 2.43. The van der Waals surface area contributed by atoms with Crippen LogP contribution in [0.15, 0.2) is 53.6 Å². The number of nitrogens with two attached hydrogens (primary N) is 1. The molecule has 1 saturated carbocycles. The number of nitrogens with one attached hydrogen (secondary N) is 1. The first kappa shape index (κ1) is 16.5. The van der Waals surface area contributed by atoms with Gasteiger partial charge in [0.2, 0.25) is 5.95 Å². The van der Waals surface area contributed by atoms with Gasteiger partial charge in [0.05, 0.1) is 25.6 Å². The van der Waals surface area contributed by atoms with Gasteiger partial charge in [-0.1, -0.05) is 36.9 Å². The third-order valence-electron chi connectivity index (χ3n) is 4.96. The molecule has 0 bridgehead atoms. The van der Waals surface area contributed by atoms with Crippen molar-refractivity contribution >= 4 is 17.1 Å². The highest BCUT2D eigenvalue weighted by atomic mass is 16.5. The number of nitrogens with zero attached hydrogens (tertiary/aromatic N) is 3. The number of aromatic amines is 1. The van der Waals surface area contributed by atoms with E-state index in [0.29, 0.717) is 24.4 Å². The number of nitrogen functional groups attached to an aromatic ring is 1. The number of ether oxygens (including phenoxy) is 1. The third kappa shape index (κ3) is 3.01. The highest BCUT2D eigenvalue weighted by molar-refractivity contribution is 5.70. The normalized spacial score (nSPS) is 20.1. The van der Waals surface area contributed by atoms with Crippen molar-refractivity contribution in [2.24, 2.45) is 5.92 Å². The Morgan fingerprint density at radius 1 is 1.31 bits per heavy atom. The molecule has 0 saturated heterocycles. The van der Waals surface area contributed by atoms with E-state index < -0.39 is 0 Å². The molecule has 3 N–H and O–H groups in total. The number of rotatable bonds is 5. The molecule has 4 rings (SSSR count). The Hall–Kier alpha value is -2.93. The number of H-pyrrole nitrogens is 1. The van der Waals surface area contributed by atoms with Gasteiger partial charge in [-0.25, -0.2) is 4.98 Å². The minimum absolute atomic E-state index is 0.0547. The standard InChI is InChI=1S/C19H21N5O2/c1-12-14(10-26-9-13-5-3-2-4-6-13)7-8-15(12)24-11-21-16-17(24)22-19(20)23-18(16)25/h2-6,11,14-15H,1,7-10H2,(H3,20,22,23,25). The monoisotopic (exact) mass is 351 g/mol. The highest BCUT2D eigenvalue weighted by Gasteiger charge is 2.31. The van der Waals surface area contributed by atoms with Gasteiger partial charge >= 0.3 is 0 Å². The summed E-state index contributed by atoms with van der Waals surface area (Å²) in [5.41, 5.74) is 8.41. The Bertz CT molecular complexity index is 992. The molecule has 1 aliphatic rings. The summed E-state index contributed by atoms with van der Waals surface area (Å²) in [6.45, 7) is 5.50. The molecule has 26 heavy (non-hydrogen) atoms. The fourth-order valence-electron chi connectivity index (χ4n) is 3.57. The van der Waals surface area contributed by atoms with Gasteiger partial charge in [-0.05, 0) is 24.0 Å². The fourth-order valence-corrected chi connectivity index (χ4v) is 3.57. The van der Waals surface area contributed by atoms with E-state index in [2.05, 4.69) is 33.7 Å². The third-order valence-corrected chi connectivity index (χ3v) is 4.96. The maximum atomic E-state index is 12.0. The second-order valence-electron chi connectivity index (χ2n) is 6.64. The second-order valence-corrected chi connectivity index (χ2v) is 6.64. The Kier molecular flexibility index (Phi) is 4.30. The summed E-state index contributed by atoms with van der Waals surface area (Å²) < 4.78 is 7.79. The molecule has 1 aromatic carbocycles. The van der Waals surface area contributed by atoms with Gasteiger partial charge in [0.15, 0.2) is 11.2 Å². The Balaban J connectivity index is 1.47. The molecule has 3 aromatic rings. The maximum Gasteiger partial charge on any atom is 0.280 e. The highest BCUT2D eigenvalue weighted by Crippen LogP contribution is 2.40. The Morgan fingerprint density at radius 3 is 2.92 bits per heavy atom. The van der Waals surface area contributed by atoms with Gasteiger partial charge in [0.25, 0.3) is 5.56 Å². The fraction of sp³-hybridized carbons (Fsp3) is 0.316. The number of hydrogen-bond donors (Lipinski definition) is 2. The maximum absolute atomic E-state index is 12.0. The van der Waals surface area contributed by atoms with E-state index in [-0.39, 0.29) is 23.5 Å². The molecule has 7 heteroatoms. The van der Waals surface area contributed by atoms with Crippen molar-refractivity contribution < 1.29 is 4.74 Å². The molecular formula is C19H21N5O2. The molecule has 134 valence electrons. The van der Waals surface area contributed by atoms with Crippen molar-refractivity contribution in [1.29, 1.82) is 0 Å². The lowest BCUT2D eigenvalue weighted by Crippen LogP contribution is -2.15. The van der Waals surface area contributed by atoms with Crippen molar-refractivity contribution in [3.05, 3.63) is 64.7 Å². The molecule has 2 aromatic heterocycles. The van der Waals surface area contributed by atoms with Crippen molar-refractivity contribution in [2.45, 2.75) is 25.5 Å². The molecular weight excluding hydrogens is 330 g/mol. The van der Waals surface area contributed by atoms with E-state index in [4.69, 9.17) is 10.5 Å². The number of hydrogen-bond acceptors (Lipinski definition) is 5. The summed E-state index contributed by atoms with van der Waals surface area (Å²) in [6.07, 6.45) is 3.55. The van der Waals surface area contributed by atoms with Crippen molar-refractivity contribution in [3.8, 4) is 0 Å². The SMILES string of the molecule is C=C1C(COCc2ccccc2)CCC1n1cnc2c(=O)[nH]c(N)nc21. The first-order valence-electron chi connectivity index (χ1n) is 8.66. The van der Waals surface area contributed by atoms with Gasteiger partial charge < -0.3 is 15.0 Å². The number of imidazole rings is 1. The van der Waals surface area contributed by atoms with Crippen LogP contribution in [0.5, 0.6) is 0 Å². The summed E-state index contributed by atoms with van der Waals surface area (Å²) in [5, 5.41) is 0. The zero-order valence-corrected chi connectivity index (χ0v) is 14.4. The van der Waals surface area contributed by atoms with E-state index in [1.807, 2.05) is 22.8 Å². The largest absolute Gasteiger partial charge is 0.376 e. The molecule has 0 spiro atoms. The summed E-state index contributed by atoms with van der Waals surface area (Å²) >= 11 is 0. The van der Waals surface area contributed by atoms with E-state index in [1.165, 1.54) is 0 Å². The van der Waals surface area contributed by atoms with Crippen molar-refractivity contribution in [1.82, 2.24) is 19.5 Å². The average molecular weight is 351 g/mol. The van der Waals surface area contributed by atoms with Gasteiger partial charge in [-0.2, -0.15) is 4.98 Å². The molecule has 1 fully saturated rings. The summed E-state index contributed by atoms with van der Waals surface area (Å²) in [5.74, 6) is 0.371. The first-order valence-corrected chi connectivity index (χ1v) is 8.66. The number of benzene rings is 1. The lowest BCUT2D eigenvalue weighted by atomic mass is 10.0. The van der Waals surface area contributed by atoms with E-state index in [9.17, 15) is 4.79 Å². The molecule has 1 aliphatic carbocycles. The summed E-state index contributed by atoms with van der Waals surface area (Å²) in [7, 11) is 0. The van der Waals surface area contributed by atoms with Gasteiger partial charge in [0, 0.05) is 5.92 Å². The average Bonchev–Trinajstić information content (AvgIpc) is 3.20. The predicted molar refractivity (Wildman–Crippen MR) is 99.6 cm³/mol. The minimum atomic E-state index is -0.322. The molecule has 2 heterocycles. The molecule has 2 unspecified atom stereocenters. The van der Waals surface area contributed by atoms with Crippen LogP contribution >= 0.6 is 0 Å². The van der Waals surface area contributed by atoms with Gasteiger partial charge in [0.1, 0.15) is 0 Å². The lowest BCUT2D eigenvalue weighted by Gasteiger charge is -2.17. The van der Waals surface area contributed by atoms with Crippen LogP contribution in [-0.2, 0) is 11.3 Å². The quantitative estimate of drug-likeness (QED) is 0.688. The number of anilines is 1. The van der Waals surface area contributed by atoms with Crippen LogP contribution in [0, 0.1) is 5.92 Å². The van der Waals surface area contributed by atoms with Gasteiger partial charge in [-0.15, -0.1) is 0 Å². The first-order chi connectivity index (χ1) is 12.6. The van der Waals surface area contributed by atoms with Crippen LogP contribution in [0.4, 0.5) is 5.95 Å². The molecule has 0 amide bonds. The van der Waals surface area contributed by atoms with Crippen LogP contribution in [0.2, 0.25) is 0 Å². The van der Waals surface area contributed by atoms with Gasteiger partial charge in [-0.3, -0.25) is 9.78 Å².